The summed E-state index contributed by atoms with van der Waals surface area (Å²) in [5.41, 5.74) is 2.01. The molecule has 0 aliphatic heterocycles. The minimum Gasteiger partial charge on any atom is -0.813 e. The predicted octanol–water partition coefficient (Wildman–Crippen LogP) is 1.35. The normalized spacial score (nSPS) is 10.5. The van der Waals surface area contributed by atoms with E-state index in [9.17, 15) is 0 Å². The molecule has 0 saturated carbocycles. The van der Waals surface area contributed by atoms with Gasteiger partial charge in [-0.3, -0.25) is 9.98 Å². The van der Waals surface area contributed by atoms with Crippen LogP contribution in [0.15, 0.2) is 9.98 Å². The molecule has 0 spiro atoms. The molecule has 4 heteroatoms. The quantitative estimate of drug-likeness (QED) is 0.231. The molecule has 0 unspecified atom stereocenters. The molecule has 0 aliphatic carbocycles. The molecule has 0 atom stereocenters. The summed E-state index contributed by atoms with van der Waals surface area (Å²) in [5.74, 6) is 0. The molecule has 0 aromatic carbocycles. The van der Waals surface area contributed by atoms with Crippen molar-refractivity contribution < 1.29 is 20.4 Å². The SMILES string of the molecule is CN=C(C)C(C)=NC.[CH3-].[Pd+2].[SH-]. The zero-order valence-corrected chi connectivity index (χ0v) is 10.1. The first kappa shape index (κ1) is 22.5. The fourth-order valence-electron chi connectivity index (χ4n) is 0.324. The van der Waals surface area contributed by atoms with Gasteiger partial charge in [-0.1, -0.05) is 0 Å². The van der Waals surface area contributed by atoms with E-state index in [1.54, 1.807) is 14.1 Å². The summed E-state index contributed by atoms with van der Waals surface area (Å²) in [6.07, 6.45) is 0. The van der Waals surface area contributed by atoms with E-state index in [1.807, 2.05) is 13.8 Å². The van der Waals surface area contributed by atoms with Crippen LogP contribution in [0.4, 0.5) is 0 Å². The van der Waals surface area contributed by atoms with Crippen molar-refractivity contribution in [2.75, 3.05) is 14.1 Å². The van der Waals surface area contributed by atoms with Crippen LogP contribution < -0.4 is 0 Å². The third-order valence-corrected chi connectivity index (χ3v) is 1.19. The van der Waals surface area contributed by atoms with Crippen LogP contribution in [0.2, 0.25) is 0 Å². The van der Waals surface area contributed by atoms with Gasteiger partial charge in [-0.25, -0.2) is 0 Å². The van der Waals surface area contributed by atoms with E-state index >= 15 is 0 Å². The van der Waals surface area contributed by atoms with Gasteiger partial charge in [-0.05, 0) is 13.8 Å². The van der Waals surface area contributed by atoms with Crippen molar-refractivity contribution in [1.29, 1.82) is 0 Å². The van der Waals surface area contributed by atoms with Crippen molar-refractivity contribution in [1.82, 2.24) is 0 Å². The second-order valence-electron chi connectivity index (χ2n) is 1.62. The van der Waals surface area contributed by atoms with Crippen LogP contribution in [-0.2, 0) is 33.9 Å². The number of hydrogen-bond acceptors (Lipinski definition) is 3. The van der Waals surface area contributed by atoms with Crippen molar-refractivity contribution in [3.63, 3.8) is 0 Å². The van der Waals surface area contributed by atoms with Gasteiger partial charge in [0, 0.05) is 14.1 Å². The minimum atomic E-state index is 0. The Bertz CT molecular complexity index is 116. The number of hydrogen-bond donors (Lipinski definition) is 0. The van der Waals surface area contributed by atoms with E-state index < -0.39 is 0 Å². The van der Waals surface area contributed by atoms with Gasteiger partial charge in [0.15, 0.2) is 0 Å². The Kier molecular flexibility index (Phi) is 26.6. The molecule has 0 N–H and O–H groups in total. The standard InChI is InChI=1S/C6H12N2.CH3.Pd.H2S/c1-5(7-3)6(2)8-4;;;/h1-4H3;1H3;;1H2/q;-1;+2;/p-1. The van der Waals surface area contributed by atoms with E-state index in [2.05, 4.69) is 9.98 Å². The van der Waals surface area contributed by atoms with Gasteiger partial charge in [-0.15, -0.1) is 0 Å². The third kappa shape index (κ3) is 10.4. The molecule has 2 nitrogen and oxygen atoms in total. The predicted molar refractivity (Wildman–Crippen MR) is 53.2 cm³/mol. The van der Waals surface area contributed by atoms with Gasteiger partial charge in [0.1, 0.15) is 0 Å². The van der Waals surface area contributed by atoms with E-state index in [4.69, 9.17) is 0 Å². The summed E-state index contributed by atoms with van der Waals surface area (Å²) >= 11 is 0. The second-order valence-corrected chi connectivity index (χ2v) is 1.62. The molecule has 0 radical (unpaired) electrons. The molecule has 70 valence electrons. The number of nitrogens with zero attached hydrogens (tertiary/aromatic N) is 2. The molecule has 0 heterocycles. The maximum Gasteiger partial charge on any atom is 2.00 e. The van der Waals surface area contributed by atoms with Crippen LogP contribution in [-0.4, -0.2) is 25.5 Å². The minimum absolute atomic E-state index is 0. The van der Waals surface area contributed by atoms with E-state index in [0.717, 1.165) is 11.4 Å². The molecule has 0 rings (SSSR count). The van der Waals surface area contributed by atoms with Gasteiger partial charge >= 0.3 is 20.4 Å². The summed E-state index contributed by atoms with van der Waals surface area (Å²) in [6, 6.07) is 0. The van der Waals surface area contributed by atoms with Crippen molar-refractivity contribution in [3.05, 3.63) is 7.43 Å². The average Bonchev–Trinajstić information content (AvgIpc) is 1.84. The maximum absolute atomic E-state index is 3.95. The summed E-state index contributed by atoms with van der Waals surface area (Å²) in [4.78, 5) is 7.89. The smallest absolute Gasteiger partial charge is 0.813 e. The summed E-state index contributed by atoms with van der Waals surface area (Å²) in [6.45, 7) is 3.89. The monoisotopic (exact) mass is 266 g/mol. The second kappa shape index (κ2) is 13.0. The summed E-state index contributed by atoms with van der Waals surface area (Å²) < 4.78 is 0. The van der Waals surface area contributed by atoms with Crippen LogP contribution in [0.5, 0.6) is 0 Å². The Balaban J connectivity index is -0.0000000817. The molecule has 0 aromatic heterocycles. The van der Waals surface area contributed by atoms with Crippen LogP contribution in [0.1, 0.15) is 13.8 Å². The topological polar surface area (TPSA) is 24.7 Å². The van der Waals surface area contributed by atoms with Crippen molar-refractivity contribution in [2.45, 2.75) is 13.8 Å². The van der Waals surface area contributed by atoms with Crippen molar-refractivity contribution in [3.8, 4) is 0 Å². The first-order valence-corrected chi connectivity index (χ1v) is 2.59. The molecule has 11 heavy (non-hydrogen) atoms. The van der Waals surface area contributed by atoms with Gasteiger partial charge in [0.25, 0.3) is 0 Å². The van der Waals surface area contributed by atoms with E-state index in [-0.39, 0.29) is 41.3 Å². The molecule has 0 fully saturated rings. The van der Waals surface area contributed by atoms with E-state index in [0.29, 0.717) is 0 Å². The first-order valence-electron chi connectivity index (χ1n) is 2.59. The third-order valence-electron chi connectivity index (χ3n) is 1.19. The number of rotatable bonds is 1. The Labute approximate surface area is 90.7 Å². The molecule has 0 saturated heterocycles. The van der Waals surface area contributed by atoms with Gasteiger partial charge in [0.2, 0.25) is 0 Å². The molecule has 0 aromatic rings. The van der Waals surface area contributed by atoms with Crippen molar-refractivity contribution in [2.24, 2.45) is 9.98 Å². The van der Waals surface area contributed by atoms with Crippen LogP contribution in [0.3, 0.4) is 0 Å². The largest absolute Gasteiger partial charge is 2.00 e. The maximum atomic E-state index is 3.95. The van der Waals surface area contributed by atoms with Gasteiger partial charge in [-0.2, -0.15) is 0 Å². The zero-order valence-electron chi connectivity index (χ0n) is 7.66. The first-order chi connectivity index (χ1) is 3.72. The fraction of sp³-hybridized carbons (Fsp3) is 0.571. The Morgan fingerprint density at radius 2 is 1.09 bits per heavy atom. The van der Waals surface area contributed by atoms with Gasteiger partial charge in [0.05, 0.1) is 11.4 Å². The van der Waals surface area contributed by atoms with Crippen LogP contribution in [0.25, 0.3) is 0 Å². The number of aliphatic imine (C=N–C) groups is 2. The molecule has 0 amide bonds. The van der Waals surface area contributed by atoms with Gasteiger partial charge < -0.3 is 20.9 Å². The summed E-state index contributed by atoms with van der Waals surface area (Å²) in [5, 5.41) is 0. The van der Waals surface area contributed by atoms with Crippen molar-refractivity contribution >= 4 is 24.9 Å². The Morgan fingerprint density at radius 1 is 0.909 bits per heavy atom. The molecular formula is C7H16N2PdS. The fourth-order valence-corrected chi connectivity index (χ4v) is 0.324. The molecule has 0 aliphatic rings. The molecular weight excluding hydrogens is 251 g/mol. The average molecular weight is 267 g/mol. The molecule has 0 bridgehead atoms. The van der Waals surface area contributed by atoms with E-state index in [1.165, 1.54) is 0 Å². The van der Waals surface area contributed by atoms with Crippen LogP contribution in [0, 0.1) is 7.43 Å². The Morgan fingerprint density at radius 3 is 1.18 bits per heavy atom. The Hall–Kier alpha value is 0.352. The zero-order chi connectivity index (χ0) is 6.57. The van der Waals surface area contributed by atoms with Crippen LogP contribution >= 0.6 is 0 Å². The summed E-state index contributed by atoms with van der Waals surface area (Å²) in [7, 11) is 3.54. The number of thiol groups is 1.